The van der Waals surface area contributed by atoms with Gasteiger partial charge in [-0.1, -0.05) is 26.7 Å². The molecule has 0 aromatic rings. The molecular formula is C20H36OSi. The fourth-order valence-corrected chi connectivity index (χ4v) is 12.8. The van der Waals surface area contributed by atoms with Crippen LogP contribution in [-0.4, -0.2) is 14.9 Å². The van der Waals surface area contributed by atoms with Crippen molar-refractivity contribution >= 4 is 8.32 Å². The molecule has 126 valence electrons. The van der Waals surface area contributed by atoms with Gasteiger partial charge >= 0.3 is 0 Å². The maximum absolute atomic E-state index is 6.67. The van der Waals surface area contributed by atoms with Gasteiger partial charge in [-0.15, -0.1) is 0 Å². The van der Waals surface area contributed by atoms with Crippen molar-refractivity contribution in [3.63, 3.8) is 0 Å². The standard InChI is InChI=1S/C20H36OSi/c1-4-21-22(5-2,6-3)20-17-10-9-16(13-17)19(20)18-12-14-7-8-15(18)11-14/h14-20H,4-13H2,1-3H3. The second kappa shape index (κ2) is 5.92. The van der Waals surface area contributed by atoms with Crippen LogP contribution < -0.4 is 0 Å². The van der Waals surface area contributed by atoms with E-state index in [1.165, 1.54) is 18.5 Å². The van der Waals surface area contributed by atoms with Crippen molar-refractivity contribution in [3.8, 4) is 0 Å². The second-order valence-electron chi connectivity index (χ2n) is 8.98. The summed E-state index contributed by atoms with van der Waals surface area (Å²) in [5.41, 5.74) is 1.02. The molecule has 0 heterocycles. The van der Waals surface area contributed by atoms with Gasteiger partial charge < -0.3 is 4.43 Å². The van der Waals surface area contributed by atoms with Crippen LogP contribution in [0.25, 0.3) is 0 Å². The number of hydrogen-bond acceptors (Lipinski definition) is 1. The fraction of sp³-hybridized carbons (Fsp3) is 1.00. The van der Waals surface area contributed by atoms with Crippen LogP contribution in [0.2, 0.25) is 17.6 Å². The Kier molecular flexibility index (Phi) is 4.22. The topological polar surface area (TPSA) is 9.23 Å². The van der Waals surface area contributed by atoms with Gasteiger partial charge in [0.1, 0.15) is 0 Å². The first kappa shape index (κ1) is 15.7. The summed E-state index contributed by atoms with van der Waals surface area (Å²) in [6, 6.07) is 2.73. The van der Waals surface area contributed by atoms with Crippen LogP contribution in [-0.2, 0) is 4.43 Å². The normalized spacial score (nSPS) is 46.8. The molecule has 0 spiro atoms. The lowest BCUT2D eigenvalue weighted by atomic mass is 9.72. The maximum atomic E-state index is 6.67. The van der Waals surface area contributed by atoms with Gasteiger partial charge in [-0.25, -0.2) is 0 Å². The molecule has 4 aliphatic carbocycles. The first-order chi connectivity index (χ1) is 10.7. The molecule has 0 amide bonds. The molecule has 0 aliphatic heterocycles. The van der Waals surface area contributed by atoms with E-state index in [1.54, 1.807) is 38.5 Å². The summed E-state index contributed by atoms with van der Waals surface area (Å²) < 4.78 is 6.67. The van der Waals surface area contributed by atoms with Crippen LogP contribution in [0.3, 0.4) is 0 Å². The van der Waals surface area contributed by atoms with Crippen LogP contribution in [0.4, 0.5) is 0 Å². The highest BCUT2D eigenvalue weighted by Gasteiger charge is 2.61. The van der Waals surface area contributed by atoms with Crippen molar-refractivity contribution in [2.75, 3.05) is 6.61 Å². The zero-order valence-corrected chi connectivity index (χ0v) is 16.0. The number of fused-ring (bicyclic) bond motifs is 4. The third kappa shape index (κ3) is 2.19. The maximum Gasteiger partial charge on any atom is 0.195 e. The van der Waals surface area contributed by atoms with E-state index in [0.29, 0.717) is 0 Å². The Bertz CT molecular complexity index is 405. The molecule has 22 heavy (non-hydrogen) atoms. The first-order valence-electron chi connectivity index (χ1n) is 10.4. The van der Waals surface area contributed by atoms with Crippen molar-refractivity contribution in [1.29, 1.82) is 0 Å². The molecule has 0 radical (unpaired) electrons. The molecule has 4 saturated carbocycles. The lowest BCUT2D eigenvalue weighted by Crippen LogP contribution is -2.49. The first-order valence-corrected chi connectivity index (χ1v) is 12.8. The SMILES string of the molecule is CCO[Si](CC)(CC)C1C2CCC(C2)C1C1CC2CCC1C2. The predicted molar refractivity (Wildman–Crippen MR) is 95.4 cm³/mol. The highest BCUT2D eigenvalue weighted by atomic mass is 28.4. The number of hydrogen-bond donors (Lipinski definition) is 0. The van der Waals surface area contributed by atoms with Crippen LogP contribution in [0, 0.1) is 35.5 Å². The van der Waals surface area contributed by atoms with E-state index in [2.05, 4.69) is 20.8 Å². The zero-order chi connectivity index (χ0) is 15.3. The van der Waals surface area contributed by atoms with E-state index in [-0.39, 0.29) is 0 Å². The van der Waals surface area contributed by atoms with E-state index >= 15 is 0 Å². The van der Waals surface area contributed by atoms with Gasteiger partial charge in [-0.05, 0) is 92.2 Å². The molecule has 0 N–H and O–H groups in total. The minimum atomic E-state index is -1.52. The van der Waals surface area contributed by atoms with Crippen LogP contribution in [0.5, 0.6) is 0 Å². The Morgan fingerprint density at radius 3 is 2.14 bits per heavy atom. The Morgan fingerprint density at radius 1 is 0.818 bits per heavy atom. The van der Waals surface area contributed by atoms with Crippen molar-refractivity contribution in [2.24, 2.45) is 35.5 Å². The summed E-state index contributed by atoms with van der Waals surface area (Å²) in [7, 11) is -1.52. The smallest absolute Gasteiger partial charge is 0.195 e. The van der Waals surface area contributed by atoms with E-state index in [1.807, 2.05) is 0 Å². The summed E-state index contributed by atoms with van der Waals surface area (Å²) in [5.74, 6) is 6.54. The van der Waals surface area contributed by atoms with Gasteiger partial charge in [0.2, 0.25) is 0 Å². The van der Waals surface area contributed by atoms with Crippen LogP contribution in [0.1, 0.15) is 65.7 Å². The van der Waals surface area contributed by atoms with Gasteiger partial charge in [-0.2, -0.15) is 0 Å². The average Bonchev–Trinajstić information content (AvgIpc) is 3.31. The van der Waals surface area contributed by atoms with Crippen molar-refractivity contribution in [1.82, 2.24) is 0 Å². The van der Waals surface area contributed by atoms with Gasteiger partial charge in [0.15, 0.2) is 8.32 Å². The highest BCUT2D eigenvalue weighted by Crippen LogP contribution is 2.67. The molecule has 0 saturated heterocycles. The quantitative estimate of drug-likeness (QED) is 0.557. The van der Waals surface area contributed by atoms with Gasteiger partial charge in [0, 0.05) is 6.61 Å². The molecular weight excluding hydrogens is 284 g/mol. The Balaban J connectivity index is 1.63. The molecule has 4 aliphatic rings. The summed E-state index contributed by atoms with van der Waals surface area (Å²) in [6.07, 6.45) is 11.0. The molecule has 7 unspecified atom stereocenters. The summed E-state index contributed by atoms with van der Waals surface area (Å²) >= 11 is 0. The van der Waals surface area contributed by atoms with E-state index in [0.717, 1.165) is 47.7 Å². The molecule has 4 bridgehead atoms. The third-order valence-electron chi connectivity index (χ3n) is 8.50. The van der Waals surface area contributed by atoms with Crippen LogP contribution in [0.15, 0.2) is 0 Å². The average molecular weight is 321 g/mol. The second-order valence-corrected chi connectivity index (χ2v) is 13.5. The summed E-state index contributed by atoms with van der Waals surface area (Å²) in [5, 5.41) is 0. The minimum absolute atomic E-state index is 0.964. The Labute approximate surface area is 138 Å². The van der Waals surface area contributed by atoms with Gasteiger partial charge in [-0.3, -0.25) is 0 Å². The summed E-state index contributed by atoms with van der Waals surface area (Å²) in [6.45, 7) is 8.11. The molecule has 2 heteroatoms. The molecule has 4 rings (SSSR count). The lowest BCUT2D eigenvalue weighted by molar-refractivity contribution is 0.148. The Morgan fingerprint density at radius 2 is 1.55 bits per heavy atom. The largest absolute Gasteiger partial charge is 0.417 e. The predicted octanol–water partition coefficient (Wildman–Crippen LogP) is 5.86. The zero-order valence-electron chi connectivity index (χ0n) is 15.0. The molecule has 0 aromatic carbocycles. The van der Waals surface area contributed by atoms with E-state index in [4.69, 9.17) is 4.43 Å². The van der Waals surface area contributed by atoms with E-state index < -0.39 is 8.32 Å². The highest BCUT2D eigenvalue weighted by molar-refractivity contribution is 6.75. The third-order valence-corrected chi connectivity index (χ3v) is 13.8. The van der Waals surface area contributed by atoms with Crippen molar-refractivity contribution in [3.05, 3.63) is 0 Å². The minimum Gasteiger partial charge on any atom is -0.417 e. The van der Waals surface area contributed by atoms with Crippen LogP contribution >= 0.6 is 0 Å². The molecule has 1 nitrogen and oxygen atoms in total. The Hall–Kier alpha value is 0.177. The van der Waals surface area contributed by atoms with Gasteiger partial charge in [0.25, 0.3) is 0 Å². The fourth-order valence-electron chi connectivity index (χ4n) is 7.81. The van der Waals surface area contributed by atoms with Crippen molar-refractivity contribution in [2.45, 2.75) is 83.3 Å². The van der Waals surface area contributed by atoms with Gasteiger partial charge in [0.05, 0.1) is 0 Å². The van der Waals surface area contributed by atoms with Crippen molar-refractivity contribution < 1.29 is 4.43 Å². The molecule has 0 aromatic heterocycles. The molecule has 7 atom stereocenters. The summed E-state index contributed by atoms with van der Waals surface area (Å²) in [4.78, 5) is 0. The molecule has 4 fully saturated rings. The lowest BCUT2D eigenvalue weighted by Gasteiger charge is -2.47. The van der Waals surface area contributed by atoms with E-state index in [9.17, 15) is 0 Å². The monoisotopic (exact) mass is 320 g/mol. The number of rotatable bonds is 6.